The quantitative estimate of drug-likeness (QED) is 0.775. The van der Waals surface area contributed by atoms with E-state index in [4.69, 9.17) is 5.73 Å². The maximum Gasteiger partial charge on any atom is 0.219 e. The van der Waals surface area contributed by atoms with Gasteiger partial charge in [-0.1, -0.05) is 13.8 Å². The molecule has 0 aliphatic carbocycles. The van der Waals surface area contributed by atoms with E-state index in [2.05, 4.69) is 0 Å². The van der Waals surface area contributed by atoms with Gasteiger partial charge in [-0.3, -0.25) is 0 Å². The van der Waals surface area contributed by atoms with Gasteiger partial charge in [-0.05, 0) is 39.7 Å². The normalized spacial score (nSPS) is 13.8. The van der Waals surface area contributed by atoms with Gasteiger partial charge in [0.1, 0.15) is 0 Å². The minimum atomic E-state index is -3.23. The Kier molecular flexibility index (Phi) is 5.93. The van der Waals surface area contributed by atoms with Crippen LogP contribution in [0.2, 0.25) is 0 Å². The molecule has 0 atom stereocenters. The highest BCUT2D eigenvalue weighted by atomic mass is 32.2. The van der Waals surface area contributed by atoms with E-state index in [1.54, 1.807) is 25.1 Å². The SMILES string of the molecule is CC(C)CN(CCCN)S(=O)(=O)C(C)(C)C. The van der Waals surface area contributed by atoms with Gasteiger partial charge in [-0.25, -0.2) is 12.7 Å². The van der Waals surface area contributed by atoms with Crippen molar-refractivity contribution in [2.75, 3.05) is 19.6 Å². The number of hydrogen-bond donors (Lipinski definition) is 1. The van der Waals surface area contributed by atoms with Crippen molar-refractivity contribution in [1.29, 1.82) is 0 Å². The zero-order valence-corrected chi connectivity index (χ0v) is 12.0. The summed E-state index contributed by atoms with van der Waals surface area (Å²) in [7, 11) is -3.23. The summed E-state index contributed by atoms with van der Waals surface area (Å²) in [6.45, 7) is 10.9. The molecule has 0 aliphatic heterocycles. The van der Waals surface area contributed by atoms with Gasteiger partial charge in [0.05, 0.1) is 4.75 Å². The predicted molar refractivity (Wildman–Crippen MR) is 68.8 cm³/mol. The van der Waals surface area contributed by atoms with Crippen LogP contribution in [0.1, 0.15) is 41.0 Å². The molecule has 0 spiro atoms. The Balaban J connectivity index is 4.88. The second-order valence-electron chi connectivity index (χ2n) is 5.51. The van der Waals surface area contributed by atoms with Crippen LogP contribution in [0.5, 0.6) is 0 Å². The molecule has 0 fully saturated rings. The van der Waals surface area contributed by atoms with Gasteiger partial charge >= 0.3 is 0 Å². The van der Waals surface area contributed by atoms with E-state index in [-0.39, 0.29) is 0 Å². The van der Waals surface area contributed by atoms with Crippen LogP contribution in [-0.4, -0.2) is 37.1 Å². The fourth-order valence-electron chi connectivity index (χ4n) is 1.37. The van der Waals surface area contributed by atoms with Crippen LogP contribution in [0.25, 0.3) is 0 Å². The predicted octanol–water partition coefficient (Wildman–Crippen LogP) is 1.42. The second-order valence-corrected chi connectivity index (χ2v) is 8.20. The van der Waals surface area contributed by atoms with Crippen LogP contribution >= 0.6 is 0 Å². The van der Waals surface area contributed by atoms with E-state index in [1.807, 2.05) is 13.8 Å². The molecule has 0 aromatic carbocycles. The van der Waals surface area contributed by atoms with E-state index < -0.39 is 14.8 Å². The van der Waals surface area contributed by atoms with Gasteiger partial charge in [0, 0.05) is 13.1 Å². The van der Waals surface area contributed by atoms with Crippen molar-refractivity contribution in [2.45, 2.75) is 45.8 Å². The van der Waals surface area contributed by atoms with Crippen molar-refractivity contribution in [3.8, 4) is 0 Å². The van der Waals surface area contributed by atoms with E-state index in [0.717, 1.165) is 0 Å². The molecule has 5 heteroatoms. The minimum Gasteiger partial charge on any atom is -0.330 e. The summed E-state index contributed by atoms with van der Waals surface area (Å²) >= 11 is 0. The minimum absolute atomic E-state index is 0.329. The smallest absolute Gasteiger partial charge is 0.219 e. The number of rotatable bonds is 6. The summed E-state index contributed by atoms with van der Waals surface area (Å²) in [6.07, 6.45) is 0.710. The maximum absolute atomic E-state index is 12.3. The highest BCUT2D eigenvalue weighted by Crippen LogP contribution is 2.21. The van der Waals surface area contributed by atoms with E-state index >= 15 is 0 Å². The average Bonchev–Trinajstić information content (AvgIpc) is 2.09. The second kappa shape index (κ2) is 5.98. The summed E-state index contributed by atoms with van der Waals surface area (Å²) < 4.78 is 25.4. The Morgan fingerprint density at radius 1 is 1.25 bits per heavy atom. The third-order valence-corrected chi connectivity index (χ3v) is 4.85. The van der Waals surface area contributed by atoms with Gasteiger partial charge in [-0.15, -0.1) is 0 Å². The molecule has 2 N–H and O–H groups in total. The summed E-state index contributed by atoms with van der Waals surface area (Å²) in [4.78, 5) is 0. The van der Waals surface area contributed by atoms with Crippen molar-refractivity contribution < 1.29 is 8.42 Å². The monoisotopic (exact) mass is 250 g/mol. The third-order valence-electron chi connectivity index (χ3n) is 2.29. The van der Waals surface area contributed by atoms with Crippen LogP contribution < -0.4 is 5.73 Å². The number of sulfonamides is 1. The molecule has 0 bridgehead atoms. The zero-order valence-electron chi connectivity index (χ0n) is 11.2. The first-order valence-electron chi connectivity index (χ1n) is 5.82. The first-order chi connectivity index (χ1) is 7.13. The Morgan fingerprint density at radius 2 is 1.75 bits per heavy atom. The lowest BCUT2D eigenvalue weighted by Gasteiger charge is -2.31. The lowest BCUT2D eigenvalue weighted by molar-refractivity contribution is 0.353. The van der Waals surface area contributed by atoms with Gasteiger partial charge in [0.25, 0.3) is 0 Å². The van der Waals surface area contributed by atoms with Crippen molar-refractivity contribution in [1.82, 2.24) is 4.31 Å². The van der Waals surface area contributed by atoms with Gasteiger partial charge < -0.3 is 5.73 Å². The molecule has 0 radical (unpaired) electrons. The van der Waals surface area contributed by atoms with Gasteiger partial charge in [0.15, 0.2) is 0 Å². The van der Waals surface area contributed by atoms with Crippen molar-refractivity contribution in [2.24, 2.45) is 11.7 Å². The third kappa shape index (κ3) is 4.39. The van der Waals surface area contributed by atoms with Crippen molar-refractivity contribution in [3.63, 3.8) is 0 Å². The molecule has 0 aromatic heterocycles. The molecule has 0 aromatic rings. The standard InChI is InChI=1S/C11H26N2O2S/c1-10(2)9-13(8-6-7-12)16(14,15)11(3,4)5/h10H,6-9,12H2,1-5H3. The zero-order chi connectivity index (χ0) is 13.0. The van der Waals surface area contributed by atoms with Crippen LogP contribution in [-0.2, 0) is 10.0 Å². The average molecular weight is 250 g/mol. The fourth-order valence-corrected chi connectivity index (χ4v) is 3.01. The first kappa shape index (κ1) is 15.9. The summed E-state index contributed by atoms with van der Waals surface area (Å²) in [5.74, 6) is 0.329. The molecule has 98 valence electrons. The van der Waals surface area contributed by atoms with Gasteiger partial charge in [0.2, 0.25) is 10.0 Å². The van der Waals surface area contributed by atoms with E-state index in [9.17, 15) is 8.42 Å². The van der Waals surface area contributed by atoms with Crippen LogP contribution in [0.3, 0.4) is 0 Å². The lowest BCUT2D eigenvalue weighted by atomic mass is 10.2. The summed E-state index contributed by atoms with van der Waals surface area (Å²) in [5.41, 5.74) is 5.44. The van der Waals surface area contributed by atoms with Crippen LogP contribution in [0, 0.1) is 5.92 Å². The molecule has 4 nitrogen and oxygen atoms in total. The number of nitrogens with zero attached hydrogens (tertiary/aromatic N) is 1. The van der Waals surface area contributed by atoms with E-state index in [0.29, 0.717) is 32.0 Å². The highest BCUT2D eigenvalue weighted by molar-refractivity contribution is 7.90. The molecule has 0 saturated carbocycles. The molecule has 0 saturated heterocycles. The summed E-state index contributed by atoms with van der Waals surface area (Å²) in [5, 5.41) is 0. The largest absolute Gasteiger partial charge is 0.330 e. The first-order valence-corrected chi connectivity index (χ1v) is 7.26. The van der Waals surface area contributed by atoms with Crippen molar-refractivity contribution >= 4 is 10.0 Å². The Labute approximate surface area is 100 Å². The molecule has 16 heavy (non-hydrogen) atoms. The van der Waals surface area contributed by atoms with Crippen LogP contribution in [0.15, 0.2) is 0 Å². The molecule has 0 amide bonds. The maximum atomic E-state index is 12.3. The topological polar surface area (TPSA) is 63.4 Å². The molecule has 0 rings (SSSR count). The van der Waals surface area contributed by atoms with Gasteiger partial charge in [-0.2, -0.15) is 0 Å². The number of nitrogens with two attached hydrogens (primary N) is 1. The molecular formula is C11H26N2O2S. The molecule has 0 heterocycles. The Morgan fingerprint density at radius 3 is 2.06 bits per heavy atom. The lowest BCUT2D eigenvalue weighted by Crippen LogP contribution is -2.45. The van der Waals surface area contributed by atoms with Crippen LogP contribution in [0.4, 0.5) is 0 Å². The number of hydrogen-bond acceptors (Lipinski definition) is 3. The summed E-state index contributed by atoms with van der Waals surface area (Å²) in [6, 6.07) is 0. The Bertz CT molecular complexity index is 292. The fraction of sp³-hybridized carbons (Fsp3) is 1.00. The molecule has 0 unspecified atom stereocenters. The Hall–Kier alpha value is -0.130. The highest BCUT2D eigenvalue weighted by Gasteiger charge is 2.34. The van der Waals surface area contributed by atoms with Crippen molar-refractivity contribution in [3.05, 3.63) is 0 Å². The van der Waals surface area contributed by atoms with E-state index in [1.165, 1.54) is 0 Å². The molecular weight excluding hydrogens is 224 g/mol. The molecule has 0 aliphatic rings.